The summed E-state index contributed by atoms with van der Waals surface area (Å²) in [6.45, 7) is 0. The average molecular weight is 273 g/mol. The third-order valence-corrected chi connectivity index (χ3v) is 3.27. The number of imidazole rings is 1. The van der Waals surface area contributed by atoms with Crippen molar-refractivity contribution in [2.24, 2.45) is 0 Å². The molecule has 72 valence electrons. The molecule has 1 aliphatic carbocycles. The number of hydrogen-bond donors (Lipinski definition) is 0. The van der Waals surface area contributed by atoms with Gasteiger partial charge < -0.3 is 0 Å². The van der Waals surface area contributed by atoms with E-state index >= 15 is 0 Å². The molecular weight excluding hydrogens is 265 g/mol. The monoisotopic (exact) mass is 271 g/mol. The molecule has 2 aromatic heterocycles. The second-order valence-electron chi connectivity index (χ2n) is 3.47. The summed E-state index contributed by atoms with van der Waals surface area (Å²) in [6.07, 6.45) is 6.07. The molecule has 2 heterocycles. The molecule has 0 amide bonds. The lowest BCUT2D eigenvalue weighted by Gasteiger charge is -1.98. The van der Waals surface area contributed by atoms with E-state index in [1.807, 2.05) is 10.6 Å². The largest absolute Gasteiger partial charge is 0.298 e. The summed E-state index contributed by atoms with van der Waals surface area (Å²) in [5, 5.41) is 0.499. The summed E-state index contributed by atoms with van der Waals surface area (Å²) in [4.78, 5) is 8.50. The van der Waals surface area contributed by atoms with Crippen LogP contribution in [0.5, 0.6) is 0 Å². The normalized spacial score (nSPS) is 16.4. The fourth-order valence-corrected chi connectivity index (χ4v) is 2.52. The van der Waals surface area contributed by atoms with Gasteiger partial charge in [-0.1, -0.05) is 11.6 Å². The first-order chi connectivity index (χ1) is 6.77. The highest BCUT2D eigenvalue weighted by Crippen LogP contribution is 2.41. The second kappa shape index (κ2) is 2.94. The highest BCUT2D eigenvalue weighted by atomic mass is 79.9. The van der Waals surface area contributed by atoms with Crippen LogP contribution in [0.3, 0.4) is 0 Å². The maximum Gasteiger partial charge on any atom is 0.155 e. The van der Waals surface area contributed by atoms with Crippen LogP contribution in [0.2, 0.25) is 5.15 Å². The molecule has 0 aliphatic heterocycles. The van der Waals surface area contributed by atoms with E-state index in [1.165, 1.54) is 12.8 Å². The molecule has 0 N–H and O–H groups in total. The first-order valence-corrected chi connectivity index (χ1v) is 5.62. The van der Waals surface area contributed by atoms with E-state index in [2.05, 4.69) is 25.9 Å². The Labute approximate surface area is 94.2 Å². The van der Waals surface area contributed by atoms with Gasteiger partial charge in [-0.15, -0.1) is 0 Å². The smallest absolute Gasteiger partial charge is 0.155 e. The first kappa shape index (κ1) is 8.68. The molecule has 14 heavy (non-hydrogen) atoms. The van der Waals surface area contributed by atoms with Crippen LogP contribution in [0.25, 0.3) is 5.52 Å². The molecule has 2 aromatic rings. The summed E-state index contributed by atoms with van der Waals surface area (Å²) in [5.74, 6) is 1.70. The summed E-state index contributed by atoms with van der Waals surface area (Å²) < 4.78 is 2.81. The molecule has 1 fully saturated rings. The quantitative estimate of drug-likeness (QED) is 0.799. The van der Waals surface area contributed by atoms with Crippen LogP contribution in [0.15, 0.2) is 17.0 Å². The van der Waals surface area contributed by atoms with Crippen molar-refractivity contribution in [2.45, 2.75) is 18.8 Å². The number of aromatic nitrogens is 3. The van der Waals surface area contributed by atoms with Gasteiger partial charge in [-0.3, -0.25) is 4.40 Å². The third-order valence-electron chi connectivity index (χ3n) is 2.44. The fraction of sp³-hybridized carbons (Fsp3) is 0.333. The number of hydrogen-bond acceptors (Lipinski definition) is 2. The predicted molar refractivity (Wildman–Crippen MR) is 57.7 cm³/mol. The Morgan fingerprint density at radius 3 is 3.00 bits per heavy atom. The highest BCUT2D eigenvalue weighted by molar-refractivity contribution is 9.10. The zero-order valence-corrected chi connectivity index (χ0v) is 9.59. The molecule has 0 bridgehead atoms. The van der Waals surface area contributed by atoms with Gasteiger partial charge in [0.2, 0.25) is 0 Å². The molecule has 0 atom stereocenters. The lowest BCUT2D eigenvalue weighted by molar-refractivity contribution is 0.913. The van der Waals surface area contributed by atoms with Crippen LogP contribution >= 0.6 is 27.5 Å². The summed E-state index contributed by atoms with van der Waals surface area (Å²) in [7, 11) is 0. The van der Waals surface area contributed by atoms with Crippen molar-refractivity contribution in [2.75, 3.05) is 0 Å². The van der Waals surface area contributed by atoms with Crippen molar-refractivity contribution in [3.63, 3.8) is 0 Å². The van der Waals surface area contributed by atoms with Gasteiger partial charge in [0, 0.05) is 18.3 Å². The maximum atomic E-state index is 6.00. The Balaban J connectivity index is 2.37. The van der Waals surface area contributed by atoms with E-state index in [1.54, 1.807) is 6.20 Å². The number of fused-ring (bicyclic) bond motifs is 1. The zero-order valence-electron chi connectivity index (χ0n) is 7.24. The average Bonchev–Trinajstić information content (AvgIpc) is 2.93. The van der Waals surface area contributed by atoms with Gasteiger partial charge in [-0.2, -0.15) is 0 Å². The summed E-state index contributed by atoms with van der Waals surface area (Å²) in [5.41, 5.74) is 0.871. The van der Waals surface area contributed by atoms with Gasteiger partial charge in [-0.05, 0) is 28.8 Å². The molecule has 3 nitrogen and oxygen atoms in total. The maximum absolute atomic E-state index is 6.00. The second-order valence-corrected chi connectivity index (χ2v) is 4.58. The number of rotatable bonds is 1. The van der Waals surface area contributed by atoms with Crippen molar-refractivity contribution in [3.8, 4) is 0 Å². The Morgan fingerprint density at radius 2 is 2.29 bits per heavy atom. The van der Waals surface area contributed by atoms with Crippen LogP contribution in [0, 0.1) is 0 Å². The van der Waals surface area contributed by atoms with Crippen molar-refractivity contribution in [1.29, 1.82) is 0 Å². The predicted octanol–water partition coefficient (Wildman–Crippen LogP) is 3.02. The lowest BCUT2D eigenvalue weighted by atomic mass is 10.4. The van der Waals surface area contributed by atoms with Crippen molar-refractivity contribution in [1.82, 2.24) is 14.4 Å². The van der Waals surface area contributed by atoms with E-state index < -0.39 is 0 Å². The zero-order chi connectivity index (χ0) is 9.71. The third kappa shape index (κ3) is 1.17. The SMILES string of the molecule is Clc1nccn2c(C3CC3)nc(Br)c12. The van der Waals surface area contributed by atoms with Gasteiger partial charge in [-0.25, -0.2) is 9.97 Å². The minimum absolute atomic E-state index is 0.499. The van der Waals surface area contributed by atoms with Gasteiger partial charge >= 0.3 is 0 Å². The molecule has 1 aliphatic rings. The minimum Gasteiger partial charge on any atom is -0.298 e. The Bertz CT molecular complexity index is 504. The Morgan fingerprint density at radius 1 is 1.50 bits per heavy atom. The molecule has 0 radical (unpaired) electrons. The summed E-state index contributed by atoms with van der Waals surface area (Å²) in [6, 6.07) is 0. The van der Waals surface area contributed by atoms with E-state index in [0.717, 1.165) is 15.9 Å². The van der Waals surface area contributed by atoms with Crippen LogP contribution < -0.4 is 0 Å². The standard InChI is InChI=1S/C9H7BrClN3/c10-7-6-8(11)12-3-4-14(6)9(13-7)5-1-2-5/h3-5H,1-2H2. The lowest BCUT2D eigenvalue weighted by Crippen LogP contribution is -1.92. The van der Waals surface area contributed by atoms with Gasteiger partial charge in [0.05, 0.1) is 0 Å². The molecular formula is C9H7BrClN3. The Kier molecular flexibility index (Phi) is 1.82. The first-order valence-electron chi connectivity index (χ1n) is 4.45. The van der Waals surface area contributed by atoms with Crippen molar-refractivity contribution < 1.29 is 0 Å². The molecule has 1 saturated carbocycles. The minimum atomic E-state index is 0.499. The molecule has 3 rings (SSSR count). The number of halogens is 2. The van der Waals surface area contributed by atoms with E-state index in [4.69, 9.17) is 11.6 Å². The fourth-order valence-electron chi connectivity index (χ4n) is 1.61. The van der Waals surface area contributed by atoms with Crippen molar-refractivity contribution in [3.05, 3.63) is 28.0 Å². The molecule has 0 spiro atoms. The molecule has 0 saturated heterocycles. The van der Waals surface area contributed by atoms with Crippen molar-refractivity contribution >= 4 is 33.0 Å². The molecule has 0 aromatic carbocycles. The van der Waals surface area contributed by atoms with Crippen LogP contribution in [-0.4, -0.2) is 14.4 Å². The van der Waals surface area contributed by atoms with E-state index in [0.29, 0.717) is 11.1 Å². The van der Waals surface area contributed by atoms with Gasteiger partial charge in [0.15, 0.2) is 5.15 Å². The van der Waals surface area contributed by atoms with Gasteiger partial charge in [0.25, 0.3) is 0 Å². The highest BCUT2D eigenvalue weighted by Gasteiger charge is 2.29. The van der Waals surface area contributed by atoms with Crippen LogP contribution in [0.1, 0.15) is 24.6 Å². The van der Waals surface area contributed by atoms with E-state index in [-0.39, 0.29) is 0 Å². The van der Waals surface area contributed by atoms with E-state index in [9.17, 15) is 0 Å². The number of nitrogens with zero attached hydrogens (tertiary/aromatic N) is 3. The van der Waals surface area contributed by atoms with Crippen LogP contribution in [0.4, 0.5) is 0 Å². The van der Waals surface area contributed by atoms with Gasteiger partial charge in [0.1, 0.15) is 15.9 Å². The van der Waals surface area contributed by atoms with Crippen LogP contribution in [-0.2, 0) is 0 Å². The summed E-state index contributed by atoms with van der Waals surface area (Å²) >= 11 is 9.41. The molecule has 0 unspecified atom stereocenters. The molecule has 5 heteroatoms. The Hall–Kier alpha value is -0.610. The topological polar surface area (TPSA) is 30.2 Å².